The molecule has 0 aliphatic carbocycles. The van der Waals surface area contributed by atoms with Gasteiger partial charge in [-0.05, 0) is 49.6 Å². The number of benzene rings is 3. The molecule has 0 saturated carbocycles. The molecule has 1 unspecified atom stereocenters. The number of nitrogens with zero attached hydrogens (tertiary/aromatic N) is 1. The van der Waals surface area contributed by atoms with Gasteiger partial charge in [0.25, 0.3) is 11.7 Å². The number of hydrogen-bond acceptors (Lipinski definition) is 6. The Hall–Kier alpha value is -4.26. The van der Waals surface area contributed by atoms with Crippen molar-refractivity contribution in [2.24, 2.45) is 5.92 Å². The molecule has 0 radical (unpaired) electrons. The summed E-state index contributed by atoms with van der Waals surface area (Å²) >= 11 is 0. The standard InChI is InChI=1S/C31H33NO6/c1-5-36-25-16-15-23(18-26(25)37-6-2)32-28(21-11-8-7-9-12-21)27(30(34)31(32)35)29(33)22-13-10-14-24(17-22)38-19-20(3)4/h7-18,20,28,33H,5-6,19H2,1-4H3/b29-27+. The highest BCUT2D eigenvalue weighted by atomic mass is 16.5. The summed E-state index contributed by atoms with van der Waals surface area (Å²) in [7, 11) is 0. The first-order valence-electron chi connectivity index (χ1n) is 12.8. The third-order valence-electron chi connectivity index (χ3n) is 6.06. The zero-order chi connectivity index (χ0) is 27.2. The molecule has 3 aromatic carbocycles. The molecule has 7 heteroatoms. The van der Waals surface area contributed by atoms with Crippen LogP contribution >= 0.6 is 0 Å². The molecule has 1 amide bonds. The van der Waals surface area contributed by atoms with Crippen molar-refractivity contribution in [1.29, 1.82) is 0 Å². The van der Waals surface area contributed by atoms with Crippen LogP contribution in [0.5, 0.6) is 17.2 Å². The first-order chi connectivity index (χ1) is 18.3. The summed E-state index contributed by atoms with van der Waals surface area (Å²) in [6, 6.07) is 20.4. The van der Waals surface area contributed by atoms with E-state index in [-0.39, 0.29) is 11.3 Å². The lowest BCUT2D eigenvalue weighted by Crippen LogP contribution is -2.29. The molecule has 1 atom stereocenters. The van der Waals surface area contributed by atoms with Gasteiger partial charge in [0.05, 0.1) is 31.4 Å². The average molecular weight is 516 g/mol. The van der Waals surface area contributed by atoms with E-state index in [0.717, 1.165) is 0 Å². The van der Waals surface area contributed by atoms with Crippen molar-refractivity contribution in [3.8, 4) is 17.2 Å². The number of aliphatic hydroxyl groups is 1. The predicted molar refractivity (Wildman–Crippen MR) is 147 cm³/mol. The summed E-state index contributed by atoms with van der Waals surface area (Å²) < 4.78 is 17.3. The molecule has 0 bridgehead atoms. The minimum Gasteiger partial charge on any atom is -0.507 e. The predicted octanol–water partition coefficient (Wildman–Crippen LogP) is 6.15. The maximum atomic E-state index is 13.5. The van der Waals surface area contributed by atoms with E-state index in [9.17, 15) is 14.7 Å². The van der Waals surface area contributed by atoms with E-state index in [1.165, 1.54) is 4.90 Å². The van der Waals surface area contributed by atoms with Crippen molar-refractivity contribution in [3.05, 3.63) is 89.5 Å². The van der Waals surface area contributed by atoms with Crippen LogP contribution in [0.3, 0.4) is 0 Å². The molecule has 1 saturated heterocycles. The Labute approximate surface area is 223 Å². The third-order valence-corrected chi connectivity index (χ3v) is 6.06. The lowest BCUT2D eigenvalue weighted by Gasteiger charge is -2.26. The number of ketones is 1. The van der Waals surface area contributed by atoms with Crippen LogP contribution in [0.2, 0.25) is 0 Å². The third kappa shape index (κ3) is 5.52. The normalized spacial score (nSPS) is 16.7. The number of ether oxygens (including phenoxy) is 3. The summed E-state index contributed by atoms with van der Waals surface area (Å²) in [6.45, 7) is 9.19. The molecule has 3 aromatic rings. The summed E-state index contributed by atoms with van der Waals surface area (Å²) in [5.41, 5.74) is 1.55. The second-order valence-corrected chi connectivity index (χ2v) is 9.31. The Bertz CT molecular complexity index is 1330. The number of hydrogen-bond donors (Lipinski definition) is 1. The topological polar surface area (TPSA) is 85.3 Å². The Morgan fingerprint density at radius 2 is 1.58 bits per heavy atom. The van der Waals surface area contributed by atoms with E-state index in [1.807, 2.05) is 58.0 Å². The van der Waals surface area contributed by atoms with E-state index in [4.69, 9.17) is 14.2 Å². The van der Waals surface area contributed by atoms with Gasteiger partial charge in [0.2, 0.25) is 0 Å². The summed E-state index contributed by atoms with van der Waals surface area (Å²) in [5.74, 6) is 0.147. The average Bonchev–Trinajstić information content (AvgIpc) is 3.19. The highest BCUT2D eigenvalue weighted by Crippen LogP contribution is 2.44. The van der Waals surface area contributed by atoms with Gasteiger partial charge >= 0.3 is 0 Å². The van der Waals surface area contributed by atoms with Gasteiger partial charge in [0, 0.05) is 17.3 Å². The number of rotatable bonds is 10. The molecule has 198 valence electrons. The molecular formula is C31H33NO6. The Morgan fingerprint density at radius 1 is 0.868 bits per heavy atom. The second kappa shape index (κ2) is 11.9. The molecule has 0 aromatic heterocycles. The largest absolute Gasteiger partial charge is 0.507 e. The van der Waals surface area contributed by atoms with Crippen molar-refractivity contribution >= 4 is 23.1 Å². The van der Waals surface area contributed by atoms with Crippen molar-refractivity contribution < 1.29 is 28.9 Å². The zero-order valence-corrected chi connectivity index (χ0v) is 22.1. The van der Waals surface area contributed by atoms with Gasteiger partial charge < -0.3 is 19.3 Å². The zero-order valence-electron chi connectivity index (χ0n) is 22.1. The van der Waals surface area contributed by atoms with Crippen molar-refractivity contribution in [2.45, 2.75) is 33.7 Å². The SMILES string of the molecule is CCOc1ccc(N2C(=O)C(=O)/C(=C(/O)c3cccc(OCC(C)C)c3)C2c2ccccc2)cc1OCC. The van der Waals surface area contributed by atoms with Gasteiger partial charge in [-0.1, -0.05) is 56.3 Å². The number of amides is 1. The highest BCUT2D eigenvalue weighted by molar-refractivity contribution is 6.51. The van der Waals surface area contributed by atoms with Crippen LogP contribution in [0.1, 0.15) is 44.9 Å². The van der Waals surface area contributed by atoms with Crippen molar-refractivity contribution in [1.82, 2.24) is 0 Å². The number of anilines is 1. The van der Waals surface area contributed by atoms with Crippen LogP contribution in [0.4, 0.5) is 5.69 Å². The molecule has 1 fully saturated rings. The minimum atomic E-state index is -0.844. The minimum absolute atomic E-state index is 0.00838. The van der Waals surface area contributed by atoms with E-state index >= 15 is 0 Å². The Balaban J connectivity index is 1.85. The molecule has 7 nitrogen and oxygen atoms in total. The maximum absolute atomic E-state index is 13.5. The maximum Gasteiger partial charge on any atom is 0.300 e. The number of carbonyl (C=O) groups excluding carboxylic acids is 2. The van der Waals surface area contributed by atoms with E-state index in [1.54, 1.807) is 42.5 Å². The van der Waals surface area contributed by atoms with E-state index < -0.39 is 17.7 Å². The quantitative estimate of drug-likeness (QED) is 0.198. The molecule has 1 heterocycles. The molecular weight excluding hydrogens is 482 g/mol. The van der Waals surface area contributed by atoms with Crippen LogP contribution in [0, 0.1) is 5.92 Å². The molecule has 4 rings (SSSR count). The van der Waals surface area contributed by atoms with Crippen molar-refractivity contribution in [2.75, 3.05) is 24.7 Å². The van der Waals surface area contributed by atoms with Gasteiger partial charge in [-0.3, -0.25) is 14.5 Å². The van der Waals surface area contributed by atoms with Crippen LogP contribution in [0.25, 0.3) is 5.76 Å². The van der Waals surface area contributed by atoms with Gasteiger partial charge in [0.1, 0.15) is 11.5 Å². The molecule has 1 aliphatic rings. The lowest BCUT2D eigenvalue weighted by atomic mass is 9.95. The fourth-order valence-corrected chi connectivity index (χ4v) is 4.39. The van der Waals surface area contributed by atoms with Crippen LogP contribution in [-0.4, -0.2) is 36.6 Å². The van der Waals surface area contributed by atoms with E-state index in [0.29, 0.717) is 59.8 Å². The molecule has 38 heavy (non-hydrogen) atoms. The summed E-state index contributed by atoms with van der Waals surface area (Å²) in [6.07, 6.45) is 0. The lowest BCUT2D eigenvalue weighted by molar-refractivity contribution is -0.132. The second-order valence-electron chi connectivity index (χ2n) is 9.31. The van der Waals surface area contributed by atoms with Gasteiger partial charge in [-0.15, -0.1) is 0 Å². The monoisotopic (exact) mass is 515 g/mol. The number of aliphatic hydroxyl groups excluding tert-OH is 1. The van der Waals surface area contributed by atoms with Crippen LogP contribution in [0.15, 0.2) is 78.4 Å². The highest BCUT2D eigenvalue weighted by Gasteiger charge is 2.47. The molecule has 0 spiro atoms. The van der Waals surface area contributed by atoms with Crippen LogP contribution in [-0.2, 0) is 9.59 Å². The van der Waals surface area contributed by atoms with Gasteiger partial charge in [-0.2, -0.15) is 0 Å². The summed E-state index contributed by atoms with van der Waals surface area (Å²) in [4.78, 5) is 28.4. The number of Topliss-reactive ketones (excluding diaryl/α,β-unsaturated/α-hetero) is 1. The smallest absolute Gasteiger partial charge is 0.300 e. The molecule has 1 aliphatic heterocycles. The summed E-state index contributed by atoms with van der Waals surface area (Å²) in [5, 5.41) is 11.4. The fourth-order valence-electron chi connectivity index (χ4n) is 4.39. The van der Waals surface area contributed by atoms with Crippen molar-refractivity contribution in [3.63, 3.8) is 0 Å². The molecule has 1 N–H and O–H groups in total. The first kappa shape index (κ1) is 26.8. The van der Waals surface area contributed by atoms with Gasteiger partial charge in [0.15, 0.2) is 11.5 Å². The first-order valence-corrected chi connectivity index (χ1v) is 12.8. The van der Waals surface area contributed by atoms with E-state index in [2.05, 4.69) is 0 Å². The Morgan fingerprint density at radius 3 is 2.26 bits per heavy atom. The Kier molecular flexibility index (Phi) is 8.36. The van der Waals surface area contributed by atoms with Gasteiger partial charge in [-0.25, -0.2) is 0 Å². The number of carbonyl (C=O) groups is 2. The fraction of sp³-hybridized carbons (Fsp3) is 0.290. The van der Waals surface area contributed by atoms with Crippen LogP contribution < -0.4 is 19.1 Å².